The molecule has 1 amide bonds. The zero-order valence-corrected chi connectivity index (χ0v) is 15.4. The lowest BCUT2D eigenvalue weighted by molar-refractivity contribution is -0.116. The van der Waals surface area contributed by atoms with Gasteiger partial charge in [-0.3, -0.25) is 4.79 Å². The maximum atomic E-state index is 12.9. The van der Waals surface area contributed by atoms with E-state index in [0.717, 1.165) is 31.4 Å². The first-order chi connectivity index (χ1) is 12.5. The van der Waals surface area contributed by atoms with Crippen molar-refractivity contribution in [3.8, 4) is 0 Å². The van der Waals surface area contributed by atoms with Gasteiger partial charge in [-0.2, -0.15) is 5.10 Å². The summed E-state index contributed by atoms with van der Waals surface area (Å²) in [5, 5.41) is 4.12. The summed E-state index contributed by atoms with van der Waals surface area (Å²) in [6.07, 6.45) is 4.70. The lowest BCUT2D eigenvalue weighted by Crippen LogP contribution is -2.35. The van der Waals surface area contributed by atoms with Gasteiger partial charge in [0.05, 0.1) is 10.9 Å². The highest BCUT2D eigenvalue weighted by atomic mass is 32.2. The highest BCUT2D eigenvalue weighted by Gasteiger charge is 2.29. The van der Waals surface area contributed by atoms with E-state index < -0.39 is 16.1 Å². The Kier molecular flexibility index (Phi) is 4.28. The van der Waals surface area contributed by atoms with E-state index in [9.17, 15) is 13.2 Å². The molecule has 3 heterocycles. The number of carbonyl (C=O) groups is 1. The Morgan fingerprint density at radius 1 is 1.27 bits per heavy atom. The topological polar surface area (TPSA) is 97.2 Å². The number of sulfonamides is 1. The van der Waals surface area contributed by atoms with Gasteiger partial charge < -0.3 is 4.90 Å². The number of benzene rings is 1. The molecule has 0 fully saturated rings. The van der Waals surface area contributed by atoms with Crippen LogP contribution in [0.2, 0.25) is 0 Å². The predicted molar refractivity (Wildman–Crippen MR) is 95.1 cm³/mol. The molecule has 26 heavy (non-hydrogen) atoms. The lowest BCUT2D eigenvalue weighted by Gasteiger charge is -2.29. The molecule has 0 unspecified atom stereocenters. The van der Waals surface area contributed by atoms with Crippen LogP contribution in [-0.2, 0) is 27.8 Å². The van der Waals surface area contributed by atoms with Crippen LogP contribution in [-0.4, -0.2) is 35.6 Å². The number of rotatable bonds is 3. The molecule has 0 saturated heterocycles. The average molecular weight is 375 g/mol. The number of anilines is 1. The number of amides is 1. The van der Waals surface area contributed by atoms with Gasteiger partial charge >= 0.3 is 0 Å². The Morgan fingerprint density at radius 3 is 2.92 bits per heavy atom. The second kappa shape index (κ2) is 6.48. The number of aromatic nitrogens is 3. The van der Waals surface area contributed by atoms with E-state index in [4.69, 9.17) is 0 Å². The van der Waals surface area contributed by atoms with E-state index in [-0.39, 0.29) is 10.8 Å². The molecule has 0 spiro atoms. The fourth-order valence-corrected chi connectivity index (χ4v) is 4.95. The molecule has 0 aliphatic carbocycles. The van der Waals surface area contributed by atoms with Gasteiger partial charge in [0, 0.05) is 25.7 Å². The summed E-state index contributed by atoms with van der Waals surface area (Å²) in [5.74, 6) is 0.567. The molecule has 4 rings (SSSR count). The van der Waals surface area contributed by atoms with Crippen molar-refractivity contribution in [2.24, 2.45) is 0 Å². The summed E-state index contributed by atoms with van der Waals surface area (Å²) in [6, 6.07) is 4.63. The predicted octanol–water partition coefficient (Wildman–Crippen LogP) is 1.39. The number of hydrogen-bond acceptors (Lipinski definition) is 5. The van der Waals surface area contributed by atoms with Gasteiger partial charge in [0.15, 0.2) is 0 Å². The number of carbonyl (C=O) groups excluding carboxylic acids is 1. The van der Waals surface area contributed by atoms with Crippen molar-refractivity contribution in [1.82, 2.24) is 19.5 Å². The molecule has 138 valence electrons. The summed E-state index contributed by atoms with van der Waals surface area (Å²) in [7, 11) is -3.73. The number of nitrogens with one attached hydrogen (secondary N) is 1. The van der Waals surface area contributed by atoms with Crippen molar-refractivity contribution in [3.63, 3.8) is 0 Å². The van der Waals surface area contributed by atoms with Gasteiger partial charge in [-0.15, -0.1) is 0 Å². The van der Waals surface area contributed by atoms with Gasteiger partial charge in [0.1, 0.15) is 12.2 Å². The van der Waals surface area contributed by atoms with E-state index in [1.54, 1.807) is 21.7 Å². The molecule has 0 bridgehead atoms. The van der Waals surface area contributed by atoms with E-state index in [2.05, 4.69) is 14.8 Å². The molecule has 2 aromatic rings. The molecule has 1 aromatic heterocycles. The summed E-state index contributed by atoms with van der Waals surface area (Å²) in [6.45, 7) is 2.87. The number of fused-ring (bicyclic) bond motifs is 2. The minimum absolute atomic E-state index is 0.0751. The lowest BCUT2D eigenvalue weighted by atomic mass is 10.0. The Morgan fingerprint density at radius 2 is 2.12 bits per heavy atom. The normalized spacial score (nSPS) is 19.7. The maximum Gasteiger partial charge on any atom is 0.241 e. The summed E-state index contributed by atoms with van der Waals surface area (Å²) < 4.78 is 30.3. The van der Waals surface area contributed by atoms with Crippen LogP contribution in [0, 0.1) is 0 Å². The zero-order valence-electron chi connectivity index (χ0n) is 14.6. The molecule has 1 N–H and O–H groups in total. The first kappa shape index (κ1) is 17.2. The smallest absolute Gasteiger partial charge is 0.241 e. The first-order valence-corrected chi connectivity index (χ1v) is 10.2. The molecule has 1 atom stereocenters. The third-order valence-corrected chi connectivity index (χ3v) is 6.45. The van der Waals surface area contributed by atoms with Crippen molar-refractivity contribution in [1.29, 1.82) is 0 Å². The third kappa shape index (κ3) is 3.01. The van der Waals surface area contributed by atoms with Crippen molar-refractivity contribution >= 4 is 21.6 Å². The molecule has 2 aliphatic heterocycles. The van der Waals surface area contributed by atoms with Crippen molar-refractivity contribution < 1.29 is 13.2 Å². The van der Waals surface area contributed by atoms with Crippen LogP contribution in [0.4, 0.5) is 5.69 Å². The molecule has 9 heteroatoms. The van der Waals surface area contributed by atoms with Gasteiger partial charge in [-0.25, -0.2) is 22.8 Å². The van der Waals surface area contributed by atoms with Crippen LogP contribution in [0.5, 0.6) is 0 Å². The van der Waals surface area contributed by atoms with Crippen molar-refractivity contribution in [2.45, 2.75) is 50.1 Å². The average Bonchev–Trinajstić information content (AvgIpc) is 3.10. The van der Waals surface area contributed by atoms with Crippen LogP contribution in [0.25, 0.3) is 0 Å². The van der Waals surface area contributed by atoms with Gasteiger partial charge in [-0.1, -0.05) is 6.07 Å². The monoisotopic (exact) mass is 375 g/mol. The molecular weight excluding hydrogens is 354 g/mol. The minimum Gasteiger partial charge on any atom is -0.312 e. The van der Waals surface area contributed by atoms with Gasteiger partial charge in [-0.05, 0) is 43.4 Å². The Labute approximate surface area is 152 Å². The molecular formula is C17H21N5O3S. The standard InChI is InChI=1S/C17H21N5O3S/c1-12(23)21-8-2-4-13-6-7-14(10-16(13)21)26(24,25)20-15-5-3-9-22-17(15)18-11-19-22/h6-7,10-11,15,20H,2-5,8-9H2,1H3/t15-/m1/s1. The van der Waals surface area contributed by atoms with E-state index in [1.165, 1.54) is 13.3 Å². The van der Waals surface area contributed by atoms with Crippen LogP contribution < -0.4 is 9.62 Å². The quantitative estimate of drug-likeness (QED) is 0.874. The number of hydrogen-bond donors (Lipinski definition) is 1. The Bertz CT molecular complexity index is 953. The molecule has 0 saturated carbocycles. The van der Waals surface area contributed by atoms with E-state index in [1.807, 2.05) is 6.07 Å². The Hall–Kier alpha value is -2.26. The summed E-state index contributed by atoms with van der Waals surface area (Å²) in [4.78, 5) is 17.9. The largest absolute Gasteiger partial charge is 0.312 e. The van der Waals surface area contributed by atoms with Crippen molar-refractivity contribution in [2.75, 3.05) is 11.4 Å². The van der Waals surface area contributed by atoms with Crippen LogP contribution in [0.15, 0.2) is 29.4 Å². The highest BCUT2D eigenvalue weighted by Crippen LogP contribution is 2.31. The fourth-order valence-electron chi connectivity index (χ4n) is 3.71. The summed E-state index contributed by atoms with van der Waals surface area (Å²) >= 11 is 0. The molecule has 0 radical (unpaired) electrons. The minimum atomic E-state index is -3.73. The third-order valence-electron chi connectivity index (χ3n) is 4.98. The second-order valence-corrected chi connectivity index (χ2v) is 8.44. The highest BCUT2D eigenvalue weighted by molar-refractivity contribution is 7.89. The van der Waals surface area contributed by atoms with Crippen LogP contribution in [0.1, 0.15) is 43.6 Å². The second-order valence-electron chi connectivity index (χ2n) is 6.72. The molecule has 1 aromatic carbocycles. The van der Waals surface area contributed by atoms with Gasteiger partial charge in [0.2, 0.25) is 15.9 Å². The Balaban J connectivity index is 1.65. The van der Waals surface area contributed by atoms with E-state index >= 15 is 0 Å². The van der Waals surface area contributed by atoms with E-state index in [0.29, 0.717) is 24.5 Å². The van der Waals surface area contributed by atoms with Crippen LogP contribution >= 0.6 is 0 Å². The molecule has 8 nitrogen and oxygen atoms in total. The maximum absolute atomic E-state index is 12.9. The molecule has 2 aliphatic rings. The summed E-state index contributed by atoms with van der Waals surface area (Å²) in [5.41, 5.74) is 1.70. The SMILES string of the molecule is CC(=O)N1CCCc2ccc(S(=O)(=O)N[C@@H]3CCCn4ncnc43)cc21. The first-order valence-electron chi connectivity index (χ1n) is 8.77. The van der Waals surface area contributed by atoms with Crippen LogP contribution in [0.3, 0.4) is 0 Å². The zero-order chi connectivity index (χ0) is 18.3. The van der Waals surface area contributed by atoms with Gasteiger partial charge in [0.25, 0.3) is 0 Å². The fraction of sp³-hybridized carbons (Fsp3) is 0.471. The van der Waals surface area contributed by atoms with Crippen molar-refractivity contribution in [3.05, 3.63) is 35.9 Å². The number of aryl methyl sites for hydroxylation is 2. The number of nitrogens with zero attached hydrogens (tertiary/aromatic N) is 4.